The van der Waals surface area contributed by atoms with Gasteiger partial charge < -0.3 is 15.6 Å². The molecular weight excluding hydrogens is 415 g/mol. The third-order valence-corrected chi connectivity index (χ3v) is 5.64. The van der Waals surface area contributed by atoms with Gasteiger partial charge in [-0.15, -0.1) is 0 Å². The van der Waals surface area contributed by atoms with E-state index in [1.165, 1.54) is 24.1 Å². The van der Waals surface area contributed by atoms with Crippen LogP contribution in [-0.2, 0) is 13.0 Å². The number of rotatable bonds is 8. The van der Waals surface area contributed by atoms with E-state index in [4.69, 9.17) is 15.5 Å². The summed E-state index contributed by atoms with van der Waals surface area (Å²) < 4.78 is 18.3. The van der Waals surface area contributed by atoms with Crippen LogP contribution in [-0.4, -0.2) is 17.2 Å². The fourth-order valence-corrected chi connectivity index (χ4v) is 3.93. The van der Waals surface area contributed by atoms with Crippen LogP contribution in [0.1, 0.15) is 68.5 Å². The number of nitrogens with two attached hydrogens (primary N) is 1. The summed E-state index contributed by atoms with van der Waals surface area (Å²) in [5, 5.41) is 10.0. The van der Waals surface area contributed by atoms with Gasteiger partial charge in [0.2, 0.25) is 0 Å². The van der Waals surface area contributed by atoms with Gasteiger partial charge in [0.15, 0.2) is 0 Å². The highest BCUT2D eigenvalue weighted by Gasteiger charge is 2.20. The molecule has 0 saturated carbocycles. The molecule has 5 heteroatoms. The lowest BCUT2D eigenvalue weighted by atomic mass is 9.88. The van der Waals surface area contributed by atoms with Crippen LogP contribution >= 0.6 is 0 Å². The van der Waals surface area contributed by atoms with Crippen LogP contribution in [0.15, 0.2) is 48.5 Å². The Morgan fingerprint density at radius 3 is 2.21 bits per heavy atom. The highest BCUT2D eigenvalue weighted by molar-refractivity contribution is 5.73. The minimum atomic E-state index is -0.244. The minimum Gasteiger partial charge on any atom is -0.495 e. The number of aliphatic hydroxyl groups is 1. The maximum atomic E-state index is 13.4. The standard InChI is InChI=1S/C21H28FNO.C7H9NO/c1-5-6-7-8-18-15(4)23-21(14(2)3)19(13-24)20(18)16-9-11-17(22)12-10-16;1-9-7-5-3-2-4-6(7)8/h9-12,14,24H,5-8,13H2,1-4H3;2-5H,8H2,1H3. The maximum Gasteiger partial charge on any atom is 0.141 e. The topological polar surface area (TPSA) is 68.4 Å². The third kappa shape index (κ3) is 7.03. The van der Waals surface area contributed by atoms with E-state index < -0.39 is 0 Å². The molecule has 0 amide bonds. The number of aromatic nitrogens is 1. The molecule has 1 heterocycles. The number of nitrogen functional groups attached to an aromatic ring is 1. The lowest BCUT2D eigenvalue weighted by molar-refractivity contribution is 0.280. The molecule has 0 bridgehead atoms. The maximum absolute atomic E-state index is 13.4. The predicted molar refractivity (Wildman–Crippen MR) is 135 cm³/mol. The Hall–Kier alpha value is -2.92. The third-order valence-electron chi connectivity index (χ3n) is 5.64. The Labute approximate surface area is 197 Å². The van der Waals surface area contributed by atoms with Crippen molar-refractivity contribution in [3.63, 3.8) is 0 Å². The van der Waals surface area contributed by atoms with Crippen LogP contribution in [0.4, 0.5) is 10.1 Å². The molecule has 0 aliphatic carbocycles. The molecule has 0 unspecified atom stereocenters. The average molecular weight is 453 g/mol. The summed E-state index contributed by atoms with van der Waals surface area (Å²) in [5.41, 5.74) is 12.2. The number of hydrogen-bond acceptors (Lipinski definition) is 4. The first-order valence-electron chi connectivity index (χ1n) is 11.6. The largest absolute Gasteiger partial charge is 0.495 e. The summed E-state index contributed by atoms with van der Waals surface area (Å²) in [6.07, 6.45) is 4.36. The quantitative estimate of drug-likeness (QED) is 0.291. The molecule has 0 fully saturated rings. The Kier molecular flexibility index (Phi) is 10.3. The average Bonchev–Trinajstić information content (AvgIpc) is 2.81. The fraction of sp³-hybridized carbons (Fsp3) is 0.393. The zero-order valence-electron chi connectivity index (χ0n) is 20.5. The first-order valence-corrected chi connectivity index (χ1v) is 11.6. The molecule has 0 aliphatic heterocycles. The number of aryl methyl sites for hydroxylation is 1. The summed E-state index contributed by atoms with van der Waals surface area (Å²) in [7, 11) is 1.60. The number of hydrogen-bond donors (Lipinski definition) is 2. The van der Waals surface area contributed by atoms with Crippen molar-refractivity contribution >= 4 is 5.69 Å². The lowest BCUT2D eigenvalue weighted by Gasteiger charge is -2.21. The number of anilines is 1. The Bertz CT molecular complexity index is 1020. The van der Waals surface area contributed by atoms with Gasteiger partial charge in [0.25, 0.3) is 0 Å². The number of nitrogens with zero attached hydrogens (tertiary/aromatic N) is 1. The first-order chi connectivity index (χ1) is 15.8. The van der Waals surface area contributed by atoms with E-state index in [9.17, 15) is 9.50 Å². The fourth-order valence-electron chi connectivity index (χ4n) is 3.93. The predicted octanol–water partition coefficient (Wildman–Crippen LogP) is 6.82. The molecule has 178 valence electrons. The molecule has 3 rings (SSSR count). The van der Waals surface area contributed by atoms with Crippen LogP contribution in [0.5, 0.6) is 5.75 Å². The van der Waals surface area contributed by atoms with E-state index in [0.717, 1.165) is 53.1 Å². The summed E-state index contributed by atoms with van der Waals surface area (Å²) in [5.74, 6) is 0.721. The van der Waals surface area contributed by atoms with Gasteiger partial charge in [0, 0.05) is 17.0 Å². The highest BCUT2D eigenvalue weighted by atomic mass is 19.1. The molecular formula is C28H37FN2O2. The summed E-state index contributed by atoms with van der Waals surface area (Å²) in [4.78, 5) is 4.79. The molecule has 0 aliphatic rings. The smallest absolute Gasteiger partial charge is 0.141 e. The van der Waals surface area contributed by atoms with Gasteiger partial charge in [-0.1, -0.05) is 57.9 Å². The van der Waals surface area contributed by atoms with E-state index in [1.807, 2.05) is 25.1 Å². The summed E-state index contributed by atoms with van der Waals surface area (Å²) in [6, 6.07) is 14.0. The normalized spacial score (nSPS) is 10.7. The molecule has 4 nitrogen and oxygen atoms in total. The zero-order valence-corrected chi connectivity index (χ0v) is 20.5. The second-order valence-corrected chi connectivity index (χ2v) is 8.43. The lowest BCUT2D eigenvalue weighted by Crippen LogP contribution is -2.09. The van der Waals surface area contributed by atoms with Crippen molar-refractivity contribution in [3.8, 4) is 16.9 Å². The van der Waals surface area contributed by atoms with E-state index in [-0.39, 0.29) is 18.3 Å². The van der Waals surface area contributed by atoms with Crippen molar-refractivity contribution in [2.45, 2.75) is 65.9 Å². The van der Waals surface area contributed by atoms with Crippen molar-refractivity contribution in [2.24, 2.45) is 0 Å². The number of ether oxygens (including phenoxy) is 1. The van der Waals surface area contributed by atoms with Crippen LogP contribution in [0, 0.1) is 12.7 Å². The molecule has 2 aromatic carbocycles. The van der Waals surface area contributed by atoms with Crippen molar-refractivity contribution in [1.82, 2.24) is 4.98 Å². The highest BCUT2D eigenvalue weighted by Crippen LogP contribution is 2.35. The van der Waals surface area contributed by atoms with Crippen molar-refractivity contribution in [1.29, 1.82) is 0 Å². The number of benzene rings is 2. The van der Waals surface area contributed by atoms with E-state index >= 15 is 0 Å². The molecule has 33 heavy (non-hydrogen) atoms. The van der Waals surface area contributed by atoms with E-state index in [2.05, 4.69) is 20.8 Å². The van der Waals surface area contributed by atoms with Gasteiger partial charge in [0.1, 0.15) is 11.6 Å². The summed E-state index contributed by atoms with van der Waals surface area (Å²) >= 11 is 0. The number of halogens is 1. The zero-order chi connectivity index (χ0) is 24.4. The van der Waals surface area contributed by atoms with E-state index in [0.29, 0.717) is 5.69 Å². The van der Waals surface area contributed by atoms with Crippen LogP contribution in [0.2, 0.25) is 0 Å². The van der Waals surface area contributed by atoms with Gasteiger partial charge in [0.05, 0.1) is 19.4 Å². The minimum absolute atomic E-state index is 0.0473. The molecule has 1 aromatic heterocycles. The van der Waals surface area contributed by atoms with Crippen molar-refractivity contribution < 1.29 is 14.2 Å². The molecule has 0 spiro atoms. The summed E-state index contributed by atoms with van der Waals surface area (Å²) in [6.45, 7) is 8.36. The molecule has 0 saturated heterocycles. The number of unbranched alkanes of at least 4 members (excludes halogenated alkanes) is 2. The first kappa shape index (κ1) is 26.3. The van der Waals surface area contributed by atoms with Crippen LogP contribution < -0.4 is 10.5 Å². The Balaban J connectivity index is 0.000000357. The SMILES string of the molecule is CCCCCc1c(C)nc(C(C)C)c(CO)c1-c1ccc(F)cc1.COc1ccccc1N. The van der Waals surface area contributed by atoms with Gasteiger partial charge >= 0.3 is 0 Å². The Morgan fingerprint density at radius 2 is 1.70 bits per heavy atom. The Morgan fingerprint density at radius 1 is 1.03 bits per heavy atom. The molecule has 0 radical (unpaired) electrons. The van der Waals surface area contributed by atoms with Gasteiger partial charge in [-0.2, -0.15) is 0 Å². The monoisotopic (exact) mass is 452 g/mol. The second kappa shape index (κ2) is 12.9. The van der Waals surface area contributed by atoms with Crippen molar-refractivity contribution in [3.05, 3.63) is 76.9 Å². The second-order valence-electron chi connectivity index (χ2n) is 8.43. The van der Waals surface area contributed by atoms with E-state index in [1.54, 1.807) is 25.3 Å². The van der Waals surface area contributed by atoms with Crippen molar-refractivity contribution in [2.75, 3.05) is 12.8 Å². The molecule has 3 N–H and O–H groups in total. The number of pyridine rings is 1. The number of methoxy groups -OCH3 is 1. The number of para-hydroxylation sites is 2. The number of aliphatic hydroxyl groups excluding tert-OH is 1. The molecule has 3 aromatic rings. The van der Waals surface area contributed by atoms with Crippen LogP contribution in [0.3, 0.4) is 0 Å². The van der Waals surface area contributed by atoms with Gasteiger partial charge in [-0.05, 0) is 66.6 Å². The van der Waals surface area contributed by atoms with Crippen LogP contribution in [0.25, 0.3) is 11.1 Å². The van der Waals surface area contributed by atoms with Gasteiger partial charge in [-0.25, -0.2) is 4.39 Å². The molecule has 0 atom stereocenters. The van der Waals surface area contributed by atoms with Gasteiger partial charge in [-0.3, -0.25) is 4.98 Å².